The van der Waals surface area contributed by atoms with Crippen LogP contribution >= 0.6 is 0 Å². The van der Waals surface area contributed by atoms with Crippen LogP contribution < -0.4 is 0 Å². The minimum atomic E-state index is -0.419. The van der Waals surface area contributed by atoms with E-state index in [-0.39, 0.29) is 5.90 Å². The maximum absolute atomic E-state index is 11.3. The van der Waals surface area contributed by atoms with Crippen molar-refractivity contribution in [3.63, 3.8) is 0 Å². The van der Waals surface area contributed by atoms with Crippen molar-refractivity contribution < 1.29 is 14.4 Å². The Kier molecular flexibility index (Phi) is 8.53. The highest BCUT2D eigenvalue weighted by atomic mass is 16.6. The minimum Gasteiger partial charge on any atom is -0.465 e. The van der Waals surface area contributed by atoms with E-state index < -0.39 is 5.97 Å². The first kappa shape index (κ1) is 19.1. The maximum Gasteiger partial charge on any atom is 0.337 e. The molecule has 0 bridgehead atoms. The van der Waals surface area contributed by atoms with Crippen LogP contribution in [0.1, 0.15) is 36.2 Å². The topological polar surface area (TPSA) is 71.7 Å². The molecule has 0 saturated carbocycles. The Hall–Kier alpha value is -2.95. The van der Waals surface area contributed by atoms with Crippen LogP contribution in [0.3, 0.4) is 0 Å². The van der Waals surface area contributed by atoms with Crippen LogP contribution in [0.25, 0.3) is 0 Å². The molecule has 1 aromatic carbocycles. The highest BCUT2D eigenvalue weighted by Gasteiger charge is 2.07. The van der Waals surface area contributed by atoms with Crippen molar-refractivity contribution in [2.75, 3.05) is 7.11 Å². The number of carbonyl (C=O) groups excluding carboxylic acids is 1. The first-order chi connectivity index (χ1) is 11.7. The standard InChI is InChI=1S/C17H16N2O3.C2H6/c1-21-17(20)15-10-8-14(9-11-15)16(18)22-19-12-13-6-4-2-3-5-7-13;1-2/h2,4-12,18H,3H2,1H3;1-2H3/b18-16?,19-12+;. The van der Waals surface area contributed by atoms with Crippen molar-refractivity contribution in [2.24, 2.45) is 5.16 Å². The zero-order chi connectivity index (χ0) is 17.8. The number of rotatable bonds is 4. The Bertz CT molecular complexity index is 668. The van der Waals surface area contributed by atoms with Crippen LogP contribution in [0.2, 0.25) is 0 Å². The quantitative estimate of drug-likeness (QED) is 0.389. The van der Waals surface area contributed by atoms with E-state index in [2.05, 4.69) is 9.89 Å². The number of nitrogens with one attached hydrogen (secondary N) is 1. The Labute approximate surface area is 142 Å². The summed E-state index contributed by atoms with van der Waals surface area (Å²) in [5, 5.41) is 11.6. The second-order valence-corrected chi connectivity index (χ2v) is 4.46. The predicted molar refractivity (Wildman–Crippen MR) is 96.5 cm³/mol. The van der Waals surface area contributed by atoms with Crippen LogP contribution in [0.4, 0.5) is 0 Å². The Morgan fingerprint density at radius 3 is 2.50 bits per heavy atom. The van der Waals surface area contributed by atoms with Gasteiger partial charge in [-0.2, -0.15) is 0 Å². The molecule has 0 aromatic heterocycles. The van der Waals surface area contributed by atoms with E-state index in [4.69, 9.17) is 10.2 Å². The van der Waals surface area contributed by atoms with Gasteiger partial charge in [0.15, 0.2) is 0 Å². The number of methoxy groups -OCH3 is 1. The number of benzene rings is 1. The van der Waals surface area contributed by atoms with Crippen LogP contribution in [-0.2, 0) is 9.57 Å². The van der Waals surface area contributed by atoms with Gasteiger partial charge >= 0.3 is 5.97 Å². The van der Waals surface area contributed by atoms with Crippen molar-refractivity contribution in [1.29, 1.82) is 5.41 Å². The van der Waals surface area contributed by atoms with Gasteiger partial charge in [0.1, 0.15) is 0 Å². The fourth-order valence-electron chi connectivity index (χ4n) is 1.75. The molecule has 24 heavy (non-hydrogen) atoms. The number of esters is 1. The van der Waals surface area contributed by atoms with Crippen LogP contribution in [0.5, 0.6) is 0 Å². The highest BCUT2D eigenvalue weighted by molar-refractivity contribution is 5.94. The zero-order valence-electron chi connectivity index (χ0n) is 14.2. The third kappa shape index (κ3) is 6.04. The minimum absolute atomic E-state index is 0.0959. The van der Waals surface area contributed by atoms with Crippen molar-refractivity contribution in [3.05, 3.63) is 71.3 Å². The molecule has 0 heterocycles. The first-order valence-corrected chi connectivity index (χ1v) is 7.72. The molecule has 0 spiro atoms. The van der Waals surface area contributed by atoms with Crippen LogP contribution in [0, 0.1) is 5.41 Å². The van der Waals surface area contributed by atoms with Gasteiger partial charge in [-0.05, 0) is 36.3 Å². The number of carbonyl (C=O) groups is 1. The summed E-state index contributed by atoms with van der Waals surface area (Å²) in [6.07, 6.45) is 12.3. The fraction of sp³-hybridized carbons (Fsp3) is 0.211. The molecule has 2 rings (SSSR count). The monoisotopic (exact) mass is 326 g/mol. The molecule has 0 fully saturated rings. The third-order valence-corrected chi connectivity index (χ3v) is 2.92. The van der Waals surface area contributed by atoms with Gasteiger partial charge in [-0.1, -0.05) is 49.4 Å². The molecule has 0 atom stereocenters. The largest absolute Gasteiger partial charge is 0.465 e. The van der Waals surface area contributed by atoms with Gasteiger partial charge in [-0.25, -0.2) is 4.79 Å². The summed E-state index contributed by atoms with van der Waals surface area (Å²) in [5.74, 6) is -0.515. The molecule has 1 N–H and O–H groups in total. The third-order valence-electron chi connectivity index (χ3n) is 2.92. The second kappa shape index (κ2) is 10.7. The zero-order valence-corrected chi connectivity index (χ0v) is 14.2. The van der Waals surface area contributed by atoms with Gasteiger partial charge in [0, 0.05) is 5.56 Å². The number of nitrogens with zero attached hydrogens (tertiary/aromatic N) is 1. The van der Waals surface area contributed by atoms with E-state index in [0.717, 1.165) is 12.0 Å². The molecule has 1 aromatic rings. The van der Waals surface area contributed by atoms with E-state index in [9.17, 15) is 4.79 Å². The Balaban J connectivity index is 0.00000139. The predicted octanol–water partition coefficient (Wildman–Crippen LogP) is 4.27. The van der Waals surface area contributed by atoms with E-state index in [1.54, 1.807) is 30.5 Å². The lowest BCUT2D eigenvalue weighted by Crippen LogP contribution is -2.04. The molecule has 0 saturated heterocycles. The van der Waals surface area contributed by atoms with E-state index in [0.29, 0.717) is 11.1 Å². The maximum atomic E-state index is 11.3. The molecular formula is C19H22N2O3. The number of oxime groups is 1. The average molecular weight is 326 g/mol. The van der Waals surface area contributed by atoms with Crippen LogP contribution in [0.15, 0.2) is 65.4 Å². The lowest BCUT2D eigenvalue weighted by atomic mass is 10.1. The van der Waals surface area contributed by atoms with Gasteiger partial charge < -0.3 is 9.57 Å². The summed E-state index contributed by atoms with van der Waals surface area (Å²) in [4.78, 5) is 16.4. The van der Waals surface area contributed by atoms with Gasteiger partial charge in [-0.3, -0.25) is 5.41 Å². The Morgan fingerprint density at radius 1 is 1.17 bits per heavy atom. The second-order valence-electron chi connectivity index (χ2n) is 4.46. The fourth-order valence-corrected chi connectivity index (χ4v) is 1.75. The molecule has 0 aliphatic heterocycles. The molecular weight excluding hydrogens is 304 g/mol. The van der Waals surface area contributed by atoms with Gasteiger partial charge in [0.25, 0.3) is 0 Å². The normalized spacial score (nSPS) is 12.7. The summed E-state index contributed by atoms with van der Waals surface area (Å²) >= 11 is 0. The SMILES string of the molecule is CC.COC(=O)c1ccc(C(=N)O/N=C/C2=CC=CCC=C2)cc1. The lowest BCUT2D eigenvalue weighted by Gasteiger charge is -2.03. The summed E-state index contributed by atoms with van der Waals surface area (Å²) in [5.41, 5.74) is 1.83. The summed E-state index contributed by atoms with van der Waals surface area (Å²) in [6, 6.07) is 6.36. The number of ether oxygens (including phenoxy) is 1. The molecule has 1 aliphatic carbocycles. The molecule has 0 unspecified atom stereocenters. The van der Waals surface area contributed by atoms with Crippen molar-refractivity contribution in [2.45, 2.75) is 20.3 Å². The Morgan fingerprint density at radius 2 is 1.83 bits per heavy atom. The van der Waals surface area contributed by atoms with Gasteiger partial charge in [0.2, 0.25) is 5.90 Å². The van der Waals surface area contributed by atoms with Crippen LogP contribution in [-0.4, -0.2) is 25.2 Å². The summed E-state index contributed by atoms with van der Waals surface area (Å²) < 4.78 is 4.61. The van der Waals surface area contributed by atoms with Gasteiger partial charge in [-0.15, -0.1) is 0 Å². The first-order valence-electron chi connectivity index (χ1n) is 7.72. The molecule has 126 valence electrons. The molecule has 0 amide bonds. The molecule has 1 aliphatic rings. The molecule has 0 radical (unpaired) electrons. The summed E-state index contributed by atoms with van der Waals surface area (Å²) in [6.45, 7) is 4.00. The van der Waals surface area contributed by atoms with Crippen molar-refractivity contribution >= 4 is 18.1 Å². The molecule has 5 nitrogen and oxygen atoms in total. The van der Waals surface area contributed by atoms with E-state index >= 15 is 0 Å². The highest BCUT2D eigenvalue weighted by Crippen LogP contribution is 2.08. The number of hydrogen-bond acceptors (Lipinski definition) is 5. The summed E-state index contributed by atoms with van der Waals surface area (Å²) in [7, 11) is 1.32. The average Bonchev–Trinajstić information content (AvgIpc) is 2.91. The smallest absolute Gasteiger partial charge is 0.337 e. The van der Waals surface area contributed by atoms with Crippen molar-refractivity contribution in [3.8, 4) is 0 Å². The lowest BCUT2D eigenvalue weighted by molar-refractivity contribution is 0.0600. The van der Waals surface area contributed by atoms with E-state index in [1.165, 1.54) is 7.11 Å². The number of hydrogen-bond donors (Lipinski definition) is 1. The van der Waals surface area contributed by atoms with Gasteiger partial charge in [0.05, 0.1) is 18.9 Å². The number of allylic oxidation sites excluding steroid dienone is 6. The van der Waals surface area contributed by atoms with E-state index in [1.807, 2.05) is 44.2 Å². The molecule has 5 heteroatoms. The van der Waals surface area contributed by atoms with Crippen molar-refractivity contribution in [1.82, 2.24) is 0 Å².